The van der Waals surface area contributed by atoms with Crippen LogP contribution in [0.2, 0.25) is 25.7 Å². The van der Waals surface area contributed by atoms with Gasteiger partial charge in [-0.25, -0.2) is 4.68 Å². The van der Waals surface area contributed by atoms with Gasteiger partial charge in [0.25, 0.3) is 0 Å². The molecule has 0 radical (unpaired) electrons. The fraction of sp³-hybridized carbons (Fsp3) is 0.500. The lowest BCUT2D eigenvalue weighted by Crippen LogP contribution is -2.31. The molecule has 0 aliphatic carbocycles. The summed E-state index contributed by atoms with van der Waals surface area (Å²) in [5.74, 6) is 0. The molecule has 3 heterocycles. The van der Waals surface area contributed by atoms with Crippen LogP contribution in [0, 0.1) is 0 Å². The smallest absolute Gasteiger partial charge is 0.140 e. The first kappa shape index (κ1) is 23.4. The van der Waals surface area contributed by atoms with Crippen molar-refractivity contribution in [2.75, 3.05) is 26.7 Å². The van der Waals surface area contributed by atoms with Crippen LogP contribution >= 0.6 is 15.9 Å². The number of fused-ring (bicyclic) bond motifs is 1. The summed E-state index contributed by atoms with van der Waals surface area (Å²) in [4.78, 5) is 2.38. The zero-order chi connectivity index (χ0) is 22.7. The molecule has 1 fully saturated rings. The molecule has 1 saturated heterocycles. The van der Waals surface area contributed by atoms with Gasteiger partial charge in [0, 0.05) is 36.3 Å². The molecule has 1 aromatic carbocycles. The fourth-order valence-corrected chi connectivity index (χ4v) is 5.12. The normalized spacial score (nSPS) is 16.5. The molecule has 0 bridgehead atoms. The van der Waals surface area contributed by atoms with Crippen LogP contribution in [-0.2, 0) is 11.5 Å². The van der Waals surface area contributed by atoms with Crippen LogP contribution in [-0.4, -0.2) is 59.3 Å². The molecule has 0 atom stereocenters. The number of piperidine rings is 1. The molecule has 1 aliphatic heterocycles. The van der Waals surface area contributed by atoms with Crippen LogP contribution in [0.5, 0.6) is 0 Å². The Morgan fingerprint density at radius 2 is 1.97 bits per heavy atom. The van der Waals surface area contributed by atoms with E-state index in [-0.39, 0.29) is 0 Å². The standard InChI is InChI=1S/C24H34BrN5OSi/c1-28-11-9-21(10-12-28)29-17-19(16-26-29)5-7-23-22-15-20(25)6-8-24(22)30(27-23)18-31-13-14-32(2,3)4/h5-8,15-17,21H,9-14,18H2,1-4H3/b7-5+. The topological polar surface area (TPSA) is 48.1 Å². The molecule has 6 nitrogen and oxygen atoms in total. The third kappa shape index (κ3) is 5.98. The Kier molecular flexibility index (Phi) is 7.34. The molecule has 1 aliphatic rings. The van der Waals surface area contributed by atoms with Gasteiger partial charge in [0.05, 0.1) is 23.4 Å². The maximum absolute atomic E-state index is 5.97. The minimum absolute atomic E-state index is 0.477. The maximum atomic E-state index is 5.97. The van der Waals surface area contributed by atoms with Crippen molar-refractivity contribution in [1.82, 2.24) is 24.5 Å². The summed E-state index contributed by atoms with van der Waals surface area (Å²) in [5.41, 5.74) is 3.14. The highest BCUT2D eigenvalue weighted by Crippen LogP contribution is 2.26. The summed E-state index contributed by atoms with van der Waals surface area (Å²) in [5, 5.41) is 10.6. The monoisotopic (exact) mass is 515 g/mol. The van der Waals surface area contributed by atoms with Gasteiger partial charge in [-0.1, -0.05) is 35.6 Å². The predicted molar refractivity (Wildman–Crippen MR) is 138 cm³/mol. The first-order valence-corrected chi connectivity index (χ1v) is 15.9. The summed E-state index contributed by atoms with van der Waals surface area (Å²) in [6.45, 7) is 10.6. The molecule has 0 spiro atoms. The van der Waals surface area contributed by atoms with E-state index < -0.39 is 8.07 Å². The third-order valence-corrected chi connectivity index (χ3v) is 8.27. The number of rotatable bonds is 8. The van der Waals surface area contributed by atoms with Crippen LogP contribution in [0.4, 0.5) is 0 Å². The number of aromatic nitrogens is 4. The van der Waals surface area contributed by atoms with E-state index in [9.17, 15) is 0 Å². The summed E-state index contributed by atoms with van der Waals surface area (Å²) in [6, 6.07) is 7.94. The van der Waals surface area contributed by atoms with Crippen molar-refractivity contribution < 1.29 is 4.74 Å². The van der Waals surface area contributed by atoms with Gasteiger partial charge in [-0.3, -0.25) is 4.68 Å². The van der Waals surface area contributed by atoms with Gasteiger partial charge in [-0.05, 0) is 69.4 Å². The Hall–Kier alpha value is -1.74. The molecule has 8 heteroatoms. The minimum Gasteiger partial charge on any atom is -0.360 e. The van der Waals surface area contributed by atoms with E-state index >= 15 is 0 Å². The number of likely N-dealkylation sites (tertiary alicyclic amines) is 1. The first-order chi connectivity index (χ1) is 15.3. The Morgan fingerprint density at radius 3 is 2.72 bits per heavy atom. The molecule has 4 rings (SSSR count). The lowest BCUT2D eigenvalue weighted by molar-refractivity contribution is 0.0816. The minimum atomic E-state index is -1.10. The van der Waals surface area contributed by atoms with Crippen LogP contribution in [0.1, 0.15) is 30.1 Å². The fourth-order valence-electron chi connectivity index (χ4n) is 4.00. The second-order valence-corrected chi connectivity index (χ2v) is 16.6. The predicted octanol–water partition coefficient (Wildman–Crippen LogP) is 5.74. The Labute approximate surface area is 200 Å². The van der Waals surface area contributed by atoms with Crippen molar-refractivity contribution in [1.29, 1.82) is 0 Å². The lowest BCUT2D eigenvalue weighted by atomic mass is 10.1. The molecule has 3 aromatic rings. The second-order valence-electron chi connectivity index (χ2n) is 10.0. The van der Waals surface area contributed by atoms with E-state index in [0.29, 0.717) is 12.8 Å². The third-order valence-electron chi connectivity index (χ3n) is 6.07. The van der Waals surface area contributed by atoms with E-state index in [2.05, 4.69) is 93.8 Å². The van der Waals surface area contributed by atoms with Crippen LogP contribution in [0.25, 0.3) is 23.1 Å². The molecular weight excluding hydrogens is 482 g/mol. The van der Waals surface area contributed by atoms with Crippen molar-refractivity contribution in [3.63, 3.8) is 0 Å². The van der Waals surface area contributed by atoms with Gasteiger partial charge in [-0.2, -0.15) is 10.2 Å². The van der Waals surface area contributed by atoms with Crippen LogP contribution in [0.3, 0.4) is 0 Å². The summed E-state index contributed by atoms with van der Waals surface area (Å²) in [6.07, 6.45) is 10.6. The van der Waals surface area contributed by atoms with Gasteiger partial charge in [-0.15, -0.1) is 0 Å². The highest BCUT2D eigenvalue weighted by molar-refractivity contribution is 9.10. The molecule has 0 N–H and O–H groups in total. The number of benzene rings is 1. The number of ether oxygens (including phenoxy) is 1. The van der Waals surface area contributed by atoms with E-state index in [1.54, 1.807) is 0 Å². The lowest BCUT2D eigenvalue weighted by Gasteiger charge is -2.28. The molecule has 0 amide bonds. The molecule has 0 saturated carbocycles. The van der Waals surface area contributed by atoms with E-state index in [4.69, 9.17) is 9.84 Å². The highest BCUT2D eigenvalue weighted by atomic mass is 79.9. The first-order valence-electron chi connectivity index (χ1n) is 11.4. The number of halogens is 1. The van der Waals surface area contributed by atoms with Crippen molar-refractivity contribution in [2.45, 2.75) is 51.3 Å². The van der Waals surface area contributed by atoms with Crippen molar-refractivity contribution >= 4 is 47.1 Å². The average molecular weight is 517 g/mol. The van der Waals surface area contributed by atoms with E-state index in [1.807, 2.05) is 10.9 Å². The zero-order valence-corrected chi connectivity index (χ0v) is 22.2. The maximum Gasteiger partial charge on any atom is 0.140 e. The van der Waals surface area contributed by atoms with Gasteiger partial charge in [0.15, 0.2) is 0 Å². The van der Waals surface area contributed by atoms with Gasteiger partial charge < -0.3 is 9.64 Å². The number of hydrogen-bond acceptors (Lipinski definition) is 4. The molecule has 0 unspecified atom stereocenters. The van der Waals surface area contributed by atoms with Gasteiger partial charge in [0.2, 0.25) is 0 Å². The summed E-state index contributed by atoms with van der Waals surface area (Å²) < 4.78 is 11.1. The van der Waals surface area contributed by atoms with Crippen LogP contribution < -0.4 is 0 Å². The summed E-state index contributed by atoms with van der Waals surface area (Å²) in [7, 11) is 1.09. The molecule has 2 aromatic heterocycles. The SMILES string of the molecule is CN1CCC(n2cc(/C=C/c3nn(COCC[Si](C)(C)C)c4ccc(Br)cc34)cn2)CC1. The number of hydrogen-bond donors (Lipinski definition) is 0. The Balaban J connectivity index is 1.49. The zero-order valence-electron chi connectivity index (χ0n) is 19.6. The van der Waals surface area contributed by atoms with Crippen molar-refractivity contribution in [3.05, 3.63) is 46.3 Å². The van der Waals surface area contributed by atoms with E-state index in [0.717, 1.165) is 65.2 Å². The Morgan fingerprint density at radius 1 is 1.19 bits per heavy atom. The van der Waals surface area contributed by atoms with Gasteiger partial charge in [0.1, 0.15) is 6.73 Å². The largest absolute Gasteiger partial charge is 0.360 e. The summed E-state index contributed by atoms with van der Waals surface area (Å²) >= 11 is 3.60. The van der Waals surface area contributed by atoms with Gasteiger partial charge >= 0.3 is 0 Å². The highest BCUT2D eigenvalue weighted by Gasteiger charge is 2.18. The second kappa shape index (κ2) is 10.0. The van der Waals surface area contributed by atoms with Crippen molar-refractivity contribution in [3.8, 4) is 0 Å². The Bertz CT molecular complexity index is 1080. The van der Waals surface area contributed by atoms with Crippen molar-refractivity contribution in [2.24, 2.45) is 0 Å². The molecule has 32 heavy (non-hydrogen) atoms. The van der Waals surface area contributed by atoms with Crippen LogP contribution in [0.15, 0.2) is 35.1 Å². The molecule has 172 valence electrons. The number of nitrogens with zero attached hydrogens (tertiary/aromatic N) is 5. The quantitative estimate of drug-likeness (QED) is 0.283. The molecular formula is C24H34BrN5OSi. The average Bonchev–Trinajstić information content (AvgIpc) is 3.34. The van der Waals surface area contributed by atoms with E-state index in [1.165, 1.54) is 0 Å².